The number of ether oxygens (including phenoxy) is 1. The molecule has 2 heterocycles. The summed E-state index contributed by atoms with van der Waals surface area (Å²) in [4.78, 5) is 1.01. The highest BCUT2D eigenvalue weighted by Crippen LogP contribution is 2.30. The summed E-state index contributed by atoms with van der Waals surface area (Å²) in [6, 6.07) is 1.59. The molecule has 0 radical (unpaired) electrons. The van der Waals surface area contributed by atoms with Crippen LogP contribution in [-0.4, -0.2) is 31.9 Å². The number of anilines is 1. The predicted octanol–water partition coefficient (Wildman–Crippen LogP) is 2.46. The second kappa shape index (κ2) is 6.25. The van der Waals surface area contributed by atoms with Crippen LogP contribution in [0, 0.1) is 6.92 Å². The van der Waals surface area contributed by atoms with Crippen molar-refractivity contribution in [1.82, 2.24) is 9.78 Å². The van der Waals surface area contributed by atoms with Gasteiger partial charge < -0.3 is 4.74 Å². The lowest BCUT2D eigenvalue weighted by Crippen LogP contribution is -2.12. The van der Waals surface area contributed by atoms with Crippen LogP contribution in [0.15, 0.2) is 27.1 Å². The number of nitrogens with zero attached hydrogens (tertiary/aromatic N) is 2. The van der Waals surface area contributed by atoms with E-state index in [0.717, 1.165) is 8.66 Å². The average Bonchev–Trinajstić information content (AvgIpc) is 2.93. The highest BCUT2D eigenvalue weighted by molar-refractivity contribution is 9.11. The number of methoxy groups -OCH3 is 1. The zero-order chi connectivity index (χ0) is 14.8. The highest BCUT2D eigenvalue weighted by Gasteiger charge is 2.20. The van der Waals surface area contributed by atoms with Crippen LogP contribution in [0.25, 0.3) is 0 Å². The number of aryl methyl sites for hydroxylation is 1. The van der Waals surface area contributed by atoms with Crippen LogP contribution >= 0.6 is 27.3 Å². The molecule has 0 saturated heterocycles. The van der Waals surface area contributed by atoms with Gasteiger partial charge in [0.05, 0.1) is 28.8 Å². The molecule has 0 aliphatic heterocycles. The van der Waals surface area contributed by atoms with E-state index >= 15 is 0 Å². The average molecular weight is 380 g/mol. The fourth-order valence-corrected chi connectivity index (χ4v) is 5.07. The van der Waals surface area contributed by atoms with E-state index in [1.165, 1.54) is 17.5 Å². The van der Waals surface area contributed by atoms with Crippen LogP contribution in [0.5, 0.6) is 0 Å². The topological polar surface area (TPSA) is 73.2 Å². The lowest BCUT2D eigenvalue weighted by atomic mass is 10.5. The van der Waals surface area contributed by atoms with Gasteiger partial charge in [-0.3, -0.25) is 9.40 Å². The number of sulfonamides is 1. The Morgan fingerprint density at radius 1 is 1.55 bits per heavy atom. The molecule has 2 aromatic heterocycles. The third-order valence-electron chi connectivity index (χ3n) is 2.54. The highest BCUT2D eigenvalue weighted by atomic mass is 79.9. The first-order chi connectivity index (χ1) is 9.42. The molecule has 2 aromatic rings. The van der Waals surface area contributed by atoms with Crippen molar-refractivity contribution in [3.63, 3.8) is 0 Å². The molecule has 0 saturated carbocycles. The molecule has 0 amide bonds. The van der Waals surface area contributed by atoms with Crippen LogP contribution in [0.1, 0.15) is 4.88 Å². The molecule has 0 aliphatic carbocycles. The number of rotatable bonds is 6. The van der Waals surface area contributed by atoms with Crippen molar-refractivity contribution in [2.45, 2.75) is 18.4 Å². The number of nitrogens with one attached hydrogen (secondary N) is 1. The molecule has 0 unspecified atom stereocenters. The summed E-state index contributed by atoms with van der Waals surface area (Å²) in [6.45, 7) is 2.86. The van der Waals surface area contributed by atoms with Crippen molar-refractivity contribution in [2.75, 3.05) is 18.4 Å². The maximum Gasteiger partial charge on any atom is 0.263 e. The van der Waals surface area contributed by atoms with E-state index in [-0.39, 0.29) is 4.90 Å². The third kappa shape index (κ3) is 3.60. The van der Waals surface area contributed by atoms with Crippen molar-refractivity contribution in [1.29, 1.82) is 0 Å². The normalized spacial score (nSPS) is 11.8. The van der Waals surface area contributed by atoms with E-state index in [0.29, 0.717) is 18.8 Å². The van der Waals surface area contributed by atoms with Crippen LogP contribution in [0.4, 0.5) is 5.69 Å². The fourth-order valence-electron chi connectivity index (χ4n) is 1.63. The monoisotopic (exact) mass is 379 g/mol. The minimum atomic E-state index is -3.58. The summed E-state index contributed by atoms with van der Waals surface area (Å²) in [6.07, 6.45) is 3.11. The van der Waals surface area contributed by atoms with Gasteiger partial charge in [0.1, 0.15) is 4.90 Å². The summed E-state index contributed by atoms with van der Waals surface area (Å²) >= 11 is 4.67. The first-order valence-electron chi connectivity index (χ1n) is 5.72. The SMILES string of the molecule is COCCn1cc(NS(=O)(=O)c2cc(Br)sc2C)cn1. The Morgan fingerprint density at radius 2 is 2.30 bits per heavy atom. The number of hydrogen-bond donors (Lipinski definition) is 1. The van der Waals surface area contributed by atoms with Gasteiger partial charge in [0, 0.05) is 18.2 Å². The second-order valence-electron chi connectivity index (χ2n) is 4.06. The Balaban J connectivity index is 2.16. The molecule has 0 spiro atoms. The molecule has 0 bridgehead atoms. The van der Waals surface area contributed by atoms with E-state index in [2.05, 4.69) is 25.8 Å². The summed E-state index contributed by atoms with van der Waals surface area (Å²) in [7, 11) is -1.98. The molecule has 0 aromatic carbocycles. The predicted molar refractivity (Wildman–Crippen MR) is 81.7 cm³/mol. The lowest BCUT2D eigenvalue weighted by molar-refractivity contribution is 0.183. The van der Waals surface area contributed by atoms with E-state index in [1.807, 2.05) is 0 Å². The molecular weight excluding hydrogens is 366 g/mol. The van der Waals surface area contributed by atoms with Crippen LogP contribution < -0.4 is 4.72 Å². The summed E-state index contributed by atoms with van der Waals surface area (Å²) in [5, 5.41) is 4.06. The molecule has 0 fully saturated rings. The van der Waals surface area contributed by atoms with Gasteiger partial charge in [0.15, 0.2) is 0 Å². The third-order valence-corrected chi connectivity index (χ3v) is 5.73. The molecular formula is C11H14BrN3O3S2. The van der Waals surface area contributed by atoms with Crippen molar-refractivity contribution >= 4 is 43.0 Å². The van der Waals surface area contributed by atoms with Gasteiger partial charge in [-0.05, 0) is 28.9 Å². The zero-order valence-electron chi connectivity index (χ0n) is 11.0. The molecule has 110 valence electrons. The lowest BCUT2D eigenvalue weighted by Gasteiger charge is -2.04. The molecule has 9 heteroatoms. The Bertz CT molecular complexity index is 694. The van der Waals surface area contributed by atoms with Crippen molar-refractivity contribution in [3.8, 4) is 0 Å². The first kappa shape index (κ1) is 15.5. The number of thiophene rings is 1. The maximum absolute atomic E-state index is 12.3. The van der Waals surface area contributed by atoms with E-state index < -0.39 is 10.0 Å². The molecule has 6 nitrogen and oxygen atoms in total. The van der Waals surface area contributed by atoms with Crippen LogP contribution in [0.2, 0.25) is 0 Å². The van der Waals surface area contributed by atoms with Gasteiger partial charge in [-0.1, -0.05) is 0 Å². The Kier molecular flexibility index (Phi) is 4.84. The smallest absolute Gasteiger partial charge is 0.263 e. The first-order valence-corrected chi connectivity index (χ1v) is 8.82. The molecule has 2 rings (SSSR count). The second-order valence-corrected chi connectivity index (χ2v) is 8.35. The van der Waals surface area contributed by atoms with E-state index in [4.69, 9.17) is 4.74 Å². The number of halogens is 1. The molecule has 0 aliphatic rings. The summed E-state index contributed by atoms with van der Waals surface area (Å²) < 4.78 is 34.4. The zero-order valence-corrected chi connectivity index (χ0v) is 14.2. The van der Waals surface area contributed by atoms with Gasteiger partial charge in [-0.15, -0.1) is 11.3 Å². The van der Waals surface area contributed by atoms with Gasteiger partial charge in [0.2, 0.25) is 0 Å². The van der Waals surface area contributed by atoms with Crippen LogP contribution in [0.3, 0.4) is 0 Å². The maximum atomic E-state index is 12.3. The number of hydrogen-bond acceptors (Lipinski definition) is 5. The van der Waals surface area contributed by atoms with E-state index in [1.54, 1.807) is 31.0 Å². The standard InChI is InChI=1S/C11H14BrN3O3S2/c1-8-10(5-11(12)19-8)20(16,17)14-9-6-13-15(7-9)3-4-18-2/h5-7,14H,3-4H2,1-2H3. The van der Waals surface area contributed by atoms with Crippen molar-refractivity contribution in [2.24, 2.45) is 0 Å². The number of aromatic nitrogens is 2. The summed E-state index contributed by atoms with van der Waals surface area (Å²) in [5.41, 5.74) is 0.433. The molecule has 0 atom stereocenters. The molecule has 20 heavy (non-hydrogen) atoms. The van der Waals surface area contributed by atoms with Crippen molar-refractivity contribution in [3.05, 3.63) is 27.1 Å². The quantitative estimate of drug-likeness (QED) is 0.836. The Hall–Kier alpha value is -0.900. The minimum absolute atomic E-state index is 0.277. The van der Waals surface area contributed by atoms with Gasteiger partial charge in [0.25, 0.3) is 10.0 Å². The van der Waals surface area contributed by atoms with Gasteiger partial charge >= 0.3 is 0 Å². The van der Waals surface area contributed by atoms with Gasteiger partial charge in [-0.2, -0.15) is 5.10 Å². The van der Waals surface area contributed by atoms with E-state index in [9.17, 15) is 8.42 Å². The minimum Gasteiger partial charge on any atom is -0.383 e. The fraction of sp³-hybridized carbons (Fsp3) is 0.364. The Labute approximate surface area is 129 Å². The van der Waals surface area contributed by atoms with Crippen LogP contribution in [-0.2, 0) is 21.3 Å². The van der Waals surface area contributed by atoms with Crippen molar-refractivity contribution < 1.29 is 13.2 Å². The summed E-state index contributed by atoms with van der Waals surface area (Å²) in [5.74, 6) is 0. The molecule has 1 N–H and O–H groups in total. The van der Waals surface area contributed by atoms with Gasteiger partial charge in [-0.25, -0.2) is 8.42 Å². The Morgan fingerprint density at radius 3 is 2.90 bits per heavy atom. The largest absolute Gasteiger partial charge is 0.383 e.